The average Bonchev–Trinajstić information content (AvgIpc) is 2.40. The lowest BCUT2D eigenvalue weighted by atomic mass is 10.2. The van der Waals surface area contributed by atoms with Crippen LogP contribution < -0.4 is 0 Å². The van der Waals surface area contributed by atoms with Gasteiger partial charge in [-0.1, -0.05) is 0 Å². The van der Waals surface area contributed by atoms with E-state index in [1.165, 1.54) is 23.9 Å². The fourth-order valence-electron chi connectivity index (χ4n) is 1.33. The zero-order valence-electron chi connectivity index (χ0n) is 6.97. The van der Waals surface area contributed by atoms with Crippen LogP contribution >= 0.6 is 11.8 Å². The number of benzene rings is 1. The number of aromatic nitrogens is 1. The van der Waals surface area contributed by atoms with E-state index < -0.39 is 0 Å². The molecule has 2 aromatic rings. The van der Waals surface area contributed by atoms with Gasteiger partial charge in [-0.25, -0.2) is 4.39 Å². The number of rotatable bonds is 1. The number of hydrogen-bond acceptors (Lipinski definition) is 2. The van der Waals surface area contributed by atoms with E-state index in [1.807, 2.05) is 6.26 Å². The lowest BCUT2D eigenvalue weighted by Crippen LogP contribution is -1.72. The molecule has 0 saturated carbocycles. The number of aromatic hydroxyl groups is 1. The average molecular weight is 197 g/mol. The molecule has 0 atom stereocenters. The van der Waals surface area contributed by atoms with Gasteiger partial charge >= 0.3 is 0 Å². The Morgan fingerprint density at radius 3 is 2.92 bits per heavy atom. The van der Waals surface area contributed by atoms with Crippen LogP contribution in [0.25, 0.3) is 10.9 Å². The van der Waals surface area contributed by atoms with Crippen LogP contribution in [0.4, 0.5) is 4.39 Å². The predicted molar refractivity (Wildman–Crippen MR) is 51.7 cm³/mol. The van der Waals surface area contributed by atoms with Crippen molar-refractivity contribution < 1.29 is 9.50 Å². The summed E-state index contributed by atoms with van der Waals surface area (Å²) in [5, 5.41) is 10.2. The van der Waals surface area contributed by atoms with Gasteiger partial charge in [0.25, 0.3) is 0 Å². The third kappa shape index (κ3) is 1.27. The van der Waals surface area contributed by atoms with E-state index in [0.717, 1.165) is 10.9 Å². The minimum atomic E-state index is -0.290. The highest BCUT2D eigenvalue weighted by molar-refractivity contribution is 7.99. The molecule has 1 heterocycles. The normalized spacial score (nSPS) is 10.9. The van der Waals surface area contributed by atoms with Crippen LogP contribution in [0.2, 0.25) is 0 Å². The van der Waals surface area contributed by atoms with Crippen LogP contribution in [0, 0.1) is 5.82 Å². The molecule has 0 unspecified atom stereocenters. The Balaban J connectivity index is 2.80. The first-order valence-corrected chi connectivity index (χ1v) is 4.99. The lowest BCUT2D eigenvalue weighted by Gasteiger charge is -1.93. The van der Waals surface area contributed by atoms with Crippen LogP contribution in [0.3, 0.4) is 0 Å². The highest BCUT2D eigenvalue weighted by atomic mass is 32.2. The number of hydrogen-bond donors (Lipinski definition) is 2. The molecule has 0 radical (unpaired) electrons. The highest BCUT2D eigenvalue weighted by Gasteiger charge is 2.09. The lowest BCUT2D eigenvalue weighted by molar-refractivity contribution is 0.446. The summed E-state index contributed by atoms with van der Waals surface area (Å²) in [7, 11) is 0. The van der Waals surface area contributed by atoms with Gasteiger partial charge in [-0.05, 0) is 24.5 Å². The highest BCUT2D eigenvalue weighted by Crippen LogP contribution is 2.34. The molecule has 0 saturated heterocycles. The van der Waals surface area contributed by atoms with Crippen molar-refractivity contribution in [1.29, 1.82) is 0 Å². The van der Waals surface area contributed by atoms with Gasteiger partial charge in [0.15, 0.2) is 0 Å². The number of fused-ring (bicyclic) bond motifs is 1. The zero-order chi connectivity index (χ0) is 9.42. The molecule has 0 bridgehead atoms. The Morgan fingerprint density at radius 2 is 2.23 bits per heavy atom. The van der Waals surface area contributed by atoms with E-state index in [1.54, 1.807) is 6.07 Å². The molecule has 4 heteroatoms. The Morgan fingerprint density at radius 1 is 1.46 bits per heavy atom. The molecule has 2 rings (SSSR count). The number of nitrogens with one attached hydrogen (secondary N) is 1. The molecule has 2 nitrogen and oxygen atoms in total. The Hall–Kier alpha value is -1.16. The van der Waals surface area contributed by atoms with Crippen LogP contribution in [-0.2, 0) is 0 Å². The van der Waals surface area contributed by atoms with Crippen LogP contribution in [0.5, 0.6) is 5.88 Å². The van der Waals surface area contributed by atoms with E-state index in [-0.39, 0.29) is 11.7 Å². The van der Waals surface area contributed by atoms with Gasteiger partial charge in [0.1, 0.15) is 5.82 Å². The van der Waals surface area contributed by atoms with E-state index in [4.69, 9.17) is 0 Å². The zero-order valence-corrected chi connectivity index (χ0v) is 7.78. The van der Waals surface area contributed by atoms with Gasteiger partial charge in [-0.2, -0.15) is 0 Å². The minimum absolute atomic E-state index is 0.105. The van der Waals surface area contributed by atoms with Crippen molar-refractivity contribution in [1.82, 2.24) is 4.98 Å². The molecule has 68 valence electrons. The van der Waals surface area contributed by atoms with Gasteiger partial charge in [-0.3, -0.25) is 0 Å². The first-order chi connectivity index (χ1) is 6.22. The third-order valence-electron chi connectivity index (χ3n) is 1.90. The van der Waals surface area contributed by atoms with Crippen molar-refractivity contribution in [3.63, 3.8) is 0 Å². The molecule has 0 spiro atoms. The van der Waals surface area contributed by atoms with Crippen molar-refractivity contribution in [3.05, 3.63) is 24.0 Å². The maximum Gasteiger partial charge on any atom is 0.203 e. The number of thioether (sulfide) groups is 1. The molecular weight excluding hydrogens is 189 g/mol. The summed E-state index contributed by atoms with van der Waals surface area (Å²) < 4.78 is 12.9. The Bertz CT molecular complexity index is 452. The van der Waals surface area contributed by atoms with Gasteiger partial charge in [0.05, 0.1) is 4.90 Å². The summed E-state index contributed by atoms with van der Waals surface area (Å²) in [6, 6.07) is 4.39. The standard InChI is InChI=1S/C9H8FNOS/c1-13-8-6-4-5(10)2-3-7(6)11-9(8)12/h2-4,11-12H,1H3. The summed E-state index contributed by atoms with van der Waals surface area (Å²) in [6.45, 7) is 0. The first kappa shape index (κ1) is 8.44. The Kier molecular flexibility index (Phi) is 1.92. The Labute approximate surface area is 78.8 Å². The smallest absolute Gasteiger partial charge is 0.203 e. The quantitative estimate of drug-likeness (QED) is 0.689. The summed E-state index contributed by atoms with van der Waals surface area (Å²) in [6.07, 6.45) is 1.84. The van der Waals surface area contributed by atoms with E-state index in [2.05, 4.69) is 4.98 Å². The van der Waals surface area contributed by atoms with Crippen LogP contribution in [-0.4, -0.2) is 16.3 Å². The van der Waals surface area contributed by atoms with Gasteiger partial charge < -0.3 is 10.1 Å². The molecule has 0 amide bonds. The van der Waals surface area contributed by atoms with Crippen molar-refractivity contribution in [2.24, 2.45) is 0 Å². The fraction of sp³-hybridized carbons (Fsp3) is 0.111. The monoisotopic (exact) mass is 197 g/mol. The van der Waals surface area contributed by atoms with Gasteiger partial charge in [0.2, 0.25) is 5.88 Å². The van der Waals surface area contributed by atoms with E-state index in [9.17, 15) is 9.50 Å². The SMILES string of the molecule is CSc1c(O)[nH]c2ccc(F)cc12. The number of halogens is 1. The predicted octanol–water partition coefficient (Wildman–Crippen LogP) is 2.73. The number of H-pyrrole nitrogens is 1. The second kappa shape index (κ2) is 2.96. The molecule has 0 aliphatic carbocycles. The first-order valence-electron chi connectivity index (χ1n) is 3.76. The molecule has 1 aromatic carbocycles. The second-order valence-electron chi connectivity index (χ2n) is 2.70. The topological polar surface area (TPSA) is 36.0 Å². The van der Waals surface area contributed by atoms with Crippen molar-refractivity contribution in [2.45, 2.75) is 4.90 Å². The van der Waals surface area contributed by atoms with Crippen LogP contribution in [0.1, 0.15) is 0 Å². The molecular formula is C9H8FNOS. The fourth-order valence-corrected chi connectivity index (χ4v) is 1.97. The third-order valence-corrected chi connectivity index (χ3v) is 2.72. The van der Waals surface area contributed by atoms with Crippen molar-refractivity contribution in [3.8, 4) is 5.88 Å². The second-order valence-corrected chi connectivity index (χ2v) is 3.51. The van der Waals surface area contributed by atoms with Gasteiger partial charge in [0, 0.05) is 10.9 Å². The van der Waals surface area contributed by atoms with Crippen molar-refractivity contribution >= 4 is 22.7 Å². The van der Waals surface area contributed by atoms with Gasteiger partial charge in [-0.15, -0.1) is 11.8 Å². The summed E-state index contributed by atoms with van der Waals surface area (Å²) in [5.41, 5.74) is 0.753. The maximum atomic E-state index is 12.9. The largest absolute Gasteiger partial charge is 0.494 e. The molecule has 13 heavy (non-hydrogen) atoms. The maximum absolute atomic E-state index is 12.9. The molecule has 0 aliphatic rings. The van der Waals surface area contributed by atoms with Crippen LogP contribution in [0.15, 0.2) is 23.1 Å². The molecule has 0 fully saturated rings. The molecule has 2 N–H and O–H groups in total. The summed E-state index contributed by atoms with van der Waals surface area (Å²) >= 11 is 1.39. The number of aromatic amines is 1. The van der Waals surface area contributed by atoms with E-state index in [0.29, 0.717) is 4.90 Å². The summed E-state index contributed by atoms with van der Waals surface area (Å²) in [4.78, 5) is 3.46. The summed E-state index contributed by atoms with van der Waals surface area (Å²) in [5.74, 6) is -0.185. The molecule has 1 aromatic heterocycles. The van der Waals surface area contributed by atoms with E-state index >= 15 is 0 Å². The minimum Gasteiger partial charge on any atom is -0.494 e. The molecule has 0 aliphatic heterocycles. The van der Waals surface area contributed by atoms with Crippen molar-refractivity contribution in [2.75, 3.05) is 6.26 Å².